The van der Waals surface area contributed by atoms with Gasteiger partial charge in [-0.3, -0.25) is 4.79 Å². The average molecular weight is 550 g/mol. The molecule has 0 atom stereocenters. The third-order valence-electron chi connectivity index (χ3n) is 6.86. The highest BCUT2D eigenvalue weighted by atomic mass is 35.5. The van der Waals surface area contributed by atoms with E-state index in [1.807, 2.05) is 61.7 Å². The van der Waals surface area contributed by atoms with Gasteiger partial charge in [-0.05, 0) is 73.2 Å². The number of amides is 3. The van der Waals surface area contributed by atoms with Crippen molar-refractivity contribution in [3.05, 3.63) is 99.7 Å². The van der Waals surface area contributed by atoms with Crippen molar-refractivity contribution in [3.63, 3.8) is 0 Å². The average Bonchev–Trinajstić information content (AvgIpc) is 3.66. The predicted molar refractivity (Wildman–Crippen MR) is 154 cm³/mol. The SMILES string of the molecule is Cc1cccc(NC(=O)N(CC(=O)N(CCc2c[nH]c3ccccc23)Cc2ccc(Cl)c(Cl)c2)C2CC2)c1. The summed E-state index contributed by atoms with van der Waals surface area (Å²) in [5, 5.41) is 5.03. The first-order valence-electron chi connectivity index (χ1n) is 12.8. The molecule has 1 aromatic heterocycles. The molecular weight excluding hydrogens is 519 g/mol. The second-order valence-electron chi connectivity index (χ2n) is 9.83. The van der Waals surface area contributed by atoms with Gasteiger partial charge in [0.2, 0.25) is 5.91 Å². The van der Waals surface area contributed by atoms with Gasteiger partial charge in [-0.25, -0.2) is 4.79 Å². The first-order chi connectivity index (χ1) is 18.4. The molecule has 3 aromatic carbocycles. The maximum atomic E-state index is 13.7. The Kier molecular flexibility index (Phi) is 7.91. The summed E-state index contributed by atoms with van der Waals surface area (Å²) in [6.45, 7) is 2.86. The largest absolute Gasteiger partial charge is 0.361 e. The third-order valence-corrected chi connectivity index (χ3v) is 7.60. The molecule has 2 N–H and O–H groups in total. The number of fused-ring (bicyclic) bond motifs is 1. The maximum Gasteiger partial charge on any atom is 0.322 e. The van der Waals surface area contributed by atoms with E-state index in [9.17, 15) is 9.59 Å². The molecule has 38 heavy (non-hydrogen) atoms. The number of carbonyl (C=O) groups is 2. The Morgan fingerprint density at radius 2 is 1.82 bits per heavy atom. The number of carbonyl (C=O) groups excluding carboxylic acids is 2. The van der Waals surface area contributed by atoms with Gasteiger partial charge in [-0.15, -0.1) is 0 Å². The van der Waals surface area contributed by atoms with Crippen LogP contribution in [0.2, 0.25) is 10.0 Å². The van der Waals surface area contributed by atoms with Gasteiger partial charge >= 0.3 is 6.03 Å². The number of hydrogen-bond acceptors (Lipinski definition) is 2. The second-order valence-corrected chi connectivity index (χ2v) is 10.6. The fourth-order valence-electron chi connectivity index (χ4n) is 4.66. The van der Waals surface area contributed by atoms with Crippen LogP contribution >= 0.6 is 23.2 Å². The van der Waals surface area contributed by atoms with E-state index >= 15 is 0 Å². The standard InChI is InChI=1S/C30H30Cl2N4O2/c1-20-5-4-6-23(15-20)34-30(38)36(24-10-11-24)19-29(37)35(18-21-9-12-26(31)27(32)16-21)14-13-22-17-33-28-8-3-2-7-25(22)28/h2-9,12,15-17,24,33H,10-11,13-14,18-19H2,1H3,(H,34,38). The van der Waals surface area contributed by atoms with E-state index in [2.05, 4.69) is 16.4 Å². The zero-order chi connectivity index (χ0) is 26.6. The second kappa shape index (κ2) is 11.5. The Bertz CT molecular complexity index is 1460. The number of nitrogens with zero attached hydrogens (tertiary/aromatic N) is 2. The number of rotatable bonds is 9. The summed E-state index contributed by atoms with van der Waals surface area (Å²) < 4.78 is 0. The topological polar surface area (TPSA) is 68.4 Å². The van der Waals surface area contributed by atoms with Crippen LogP contribution in [-0.4, -0.2) is 45.9 Å². The van der Waals surface area contributed by atoms with Crippen molar-refractivity contribution in [3.8, 4) is 0 Å². The Morgan fingerprint density at radius 3 is 2.58 bits per heavy atom. The molecule has 0 aliphatic heterocycles. The van der Waals surface area contributed by atoms with Gasteiger partial charge in [0, 0.05) is 41.9 Å². The van der Waals surface area contributed by atoms with E-state index in [0.29, 0.717) is 29.6 Å². The lowest BCUT2D eigenvalue weighted by Gasteiger charge is -2.28. The Labute approximate surface area is 232 Å². The summed E-state index contributed by atoms with van der Waals surface area (Å²) in [6.07, 6.45) is 4.47. The van der Waals surface area contributed by atoms with Crippen LogP contribution in [0.3, 0.4) is 0 Å². The number of para-hydroxylation sites is 1. The van der Waals surface area contributed by atoms with Gasteiger partial charge in [-0.2, -0.15) is 0 Å². The molecule has 3 amide bonds. The number of aryl methyl sites for hydroxylation is 1. The molecule has 5 rings (SSSR count). The molecule has 196 valence electrons. The molecule has 0 bridgehead atoms. The van der Waals surface area contributed by atoms with Crippen LogP contribution in [0.25, 0.3) is 10.9 Å². The molecule has 8 heteroatoms. The highest BCUT2D eigenvalue weighted by Gasteiger charge is 2.35. The van der Waals surface area contributed by atoms with E-state index in [-0.39, 0.29) is 24.5 Å². The van der Waals surface area contributed by atoms with Gasteiger partial charge < -0.3 is 20.1 Å². The van der Waals surface area contributed by atoms with Gasteiger partial charge in [0.1, 0.15) is 6.54 Å². The molecule has 0 radical (unpaired) electrons. The van der Waals surface area contributed by atoms with Crippen LogP contribution in [0.5, 0.6) is 0 Å². The van der Waals surface area contributed by atoms with Crippen LogP contribution in [0, 0.1) is 6.92 Å². The molecule has 4 aromatic rings. The fourth-order valence-corrected chi connectivity index (χ4v) is 4.98. The minimum absolute atomic E-state index is 0.0114. The van der Waals surface area contributed by atoms with Crippen LogP contribution in [0.1, 0.15) is 29.5 Å². The number of urea groups is 1. The number of anilines is 1. The summed E-state index contributed by atoms with van der Waals surface area (Å²) in [7, 11) is 0. The number of aromatic amines is 1. The number of benzene rings is 3. The Balaban J connectivity index is 1.33. The molecule has 0 spiro atoms. The molecular formula is C30H30Cl2N4O2. The molecule has 1 saturated carbocycles. The number of halogens is 2. The normalized spacial score (nSPS) is 12.9. The highest BCUT2D eigenvalue weighted by Crippen LogP contribution is 2.28. The number of aromatic nitrogens is 1. The van der Waals surface area contributed by atoms with Crippen molar-refractivity contribution in [2.45, 2.75) is 38.8 Å². The van der Waals surface area contributed by atoms with E-state index in [0.717, 1.165) is 46.1 Å². The van der Waals surface area contributed by atoms with Crippen molar-refractivity contribution in [1.29, 1.82) is 0 Å². The summed E-state index contributed by atoms with van der Waals surface area (Å²) in [5.74, 6) is -0.109. The lowest BCUT2D eigenvalue weighted by Crippen LogP contribution is -2.45. The van der Waals surface area contributed by atoms with Crippen molar-refractivity contribution >= 4 is 51.7 Å². The van der Waals surface area contributed by atoms with E-state index in [1.54, 1.807) is 21.9 Å². The molecule has 1 aliphatic rings. The zero-order valence-electron chi connectivity index (χ0n) is 21.2. The number of H-pyrrole nitrogens is 1. The molecule has 6 nitrogen and oxygen atoms in total. The molecule has 1 fully saturated rings. The maximum absolute atomic E-state index is 13.7. The van der Waals surface area contributed by atoms with Crippen LogP contribution in [0.15, 0.2) is 72.9 Å². The van der Waals surface area contributed by atoms with Crippen molar-refractivity contribution in [1.82, 2.24) is 14.8 Å². The van der Waals surface area contributed by atoms with Crippen molar-refractivity contribution in [2.75, 3.05) is 18.4 Å². The fraction of sp³-hybridized carbons (Fsp3) is 0.267. The van der Waals surface area contributed by atoms with Crippen LogP contribution in [-0.2, 0) is 17.8 Å². The van der Waals surface area contributed by atoms with Gasteiger partial charge in [0.05, 0.1) is 10.0 Å². The molecule has 1 aliphatic carbocycles. The first kappa shape index (κ1) is 26.1. The number of nitrogens with one attached hydrogen (secondary N) is 2. The van der Waals surface area contributed by atoms with Gasteiger partial charge in [0.25, 0.3) is 0 Å². The first-order valence-corrected chi connectivity index (χ1v) is 13.5. The molecule has 0 unspecified atom stereocenters. The summed E-state index contributed by atoms with van der Waals surface area (Å²) in [4.78, 5) is 33.7. The molecule has 0 saturated heterocycles. The summed E-state index contributed by atoms with van der Waals surface area (Å²) in [6, 6.07) is 21.0. The van der Waals surface area contributed by atoms with E-state index in [1.165, 1.54) is 0 Å². The lowest BCUT2D eigenvalue weighted by atomic mass is 10.1. The lowest BCUT2D eigenvalue weighted by molar-refractivity contribution is -0.132. The zero-order valence-corrected chi connectivity index (χ0v) is 22.7. The minimum atomic E-state index is -0.252. The van der Waals surface area contributed by atoms with Crippen molar-refractivity contribution in [2.24, 2.45) is 0 Å². The van der Waals surface area contributed by atoms with Gasteiger partial charge in [0.15, 0.2) is 0 Å². The summed E-state index contributed by atoms with van der Waals surface area (Å²) in [5.41, 5.74) is 4.87. The monoisotopic (exact) mass is 548 g/mol. The van der Waals surface area contributed by atoms with Crippen molar-refractivity contribution < 1.29 is 9.59 Å². The van der Waals surface area contributed by atoms with E-state index in [4.69, 9.17) is 23.2 Å². The Morgan fingerprint density at radius 1 is 1.00 bits per heavy atom. The quantitative estimate of drug-likeness (QED) is 0.235. The Hall–Kier alpha value is -3.48. The molecule has 1 heterocycles. The minimum Gasteiger partial charge on any atom is -0.361 e. The third kappa shape index (κ3) is 6.32. The van der Waals surface area contributed by atoms with Crippen LogP contribution in [0.4, 0.5) is 10.5 Å². The van der Waals surface area contributed by atoms with Gasteiger partial charge in [-0.1, -0.05) is 59.6 Å². The van der Waals surface area contributed by atoms with Crippen LogP contribution < -0.4 is 5.32 Å². The summed E-state index contributed by atoms with van der Waals surface area (Å²) >= 11 is 12.4. The smallest absolute Gasteiger partial charge is 0.322 e. The highest BCUT2D eigenvalue weighted by molar-refractivity contribution is 6.42. The number of hydrogen-bond donors (Lipinski definition) is 2. The van der Waals surface area contributed by atoms with E-state index < -0.39 is 0 Å². The predicted octanol–water partition coefficient (Wildman–Crippen LogP) is 7.05.